The SMILES string of the molecule is CS(=O)(=O)c1c(C(F)(F)F)ccc(N2CCC(c3ccc(CO)cc3)CC2)c1C1=NCN=N1. The molecule has 0 amide bonds. The number of aliphatic hydroxyl groups is 1. The van der Waals surface area contributed by atoms with Gasteiger partial charge < -0.3 is 10.0 Å². The highest BCUT2D eigenvalue weighted by molar-refractivity contribution is 7.90. The van der Waals surface area contributed by atoms with Gasteiger partial charge in [0.2, 0.25) is 0 Å². The van der Waals surface area contributed by atoms with Gasteiger partial charge in [-0.25, -0.2) is 13.4 Å². The molecule has 0 saturated carbocycles. The van der Waals surface area contributed by atoms with Gasteiger partial charge in [-0.2, -0.15) is 18.3 Å². The van der Waals surface area contributed by atoms with Gasteiger partial charge in [0.1, 0.15) is 0 Å². The third-order valence-corrected chi connectivity index (χ3v) is 7.12. The molecule has 2 aliphatic heterocycles. The van der Waals surface area contributed by atoms with Crippen LogP contribution in [0.1, 0.15) is 41.0 Å². The fourth-order valence-electron chi connectivity index (χ4n) is 4.37. The molecule has 2 aromatic rings. The highest BCUT2D eigenvalue weighted by Crippen LogP contribution is 2.41. The van der Waals surface area contributed by atoms with Gasteiger partial charge in [0.15, 0.2) is 22.3 Å². The molecule has 33 heavy (non-hydrogen) atoms. The van der Waals surface area contributed by atoms with Crippen LogP contribution in [0.2, 0.25) is 0 Å². The van der Waals surface area contributed by atoms with E-state index in [9.17, 15) is 26.7 Å². The van der Waals surface area contributed by atoms with E-state index in [0.29, 0.717) is 18.8 Å². The van der Waals surface area contributed by atoms with Gasteiger partial charge in [0, 0.05) is 25.0 Å². The first kappa shape index (κ1) is 23.4. The Hall–Kier alpha value is -2.79. The van der Waals surface area contributed by atoms with Crippen LogP contribution in [0, 0.1) is 0 Å². The number of aliphatic hydroxyl groups excluding tert-OH is 1. The lowest BCUT2D eigenvalue weighted by Crippen LogP contribution is -2.34. The molecule has 11 heteroatoms. The zero-order chi connectivity index (χ0) is 23.8. The van der Waals surface area contributed by atoms with Crippen LogP contribution < -0.4 is 4.90 Å². The van der Waals surface area contributed by atoms with Gasteiger partial charge in [0.25, 0.3) is 0 Å². The first-order chi connectivity index (χ1) is 15.6. The van der Waals surface area contributed by atoms with Crippen molar-refractivity contribution >= 4 is 21.4 Å². The standard InChI is InChI=1S/C22H23F3N4O3S/c1-33(31,32)20-17(22(23,24)25)6-7-18(19(20)21-26-13-27-28-21)29-10-8-16(9-11-29)15-4-2-14(12-30)3-5-15/h2-7,16,30H,8-13H2,1H3. The molecular formula is C22H23F3N4O3S. The van der Waals surface area contributed by atoms with Crippen LogP contribution in [0.3, 0.4) is 0 Å². The molecule has 1 N–H and O–H groups in total. The summed E-state index contributed by atoms with van der Waals surface area (Å²) in [7, 11) is -4.26. The first-order valence-corrected chi connectivity index (χ1v) is 12.3. The number of hydrogen-bond donors (Lipinski definition) is 1. The van der Waals surface area contributed by atoms with E-state index < -0.39 is 26.5 Å². The Bertz CT molecular complexity index is 1200. The minimum absolute atomic E-state index is 0.0285. The topological polar surface area (TPSA) is 94.7 Å². The van der Waals surface area contributed by atoms with E-state index in [1.54, 1.807) is 0 Å². The summed E-state index contributed by atoms with van der Waals surface area (Å²) in [6.45, 7) is 0.969. The average molecular weight is 481 g/mol. The second-order valence-corrected chi connectivity index (χ2v) is 10.1. The minimum Gasteiger partial charge on any atom is -0.392 e. The van der Waals surface area contributed by atoms with E-state index in [-0.39, 0.29) is 30.6 Å². The monoisotopic (exact) mass is 480 g/mol. The van der Waals surface area contributed by atoms with Crippen molar-refractivity contribution in [2.45, 2.75) is 36.4 Å². The largest absolute Gasteiger partial charge is 0.417 e. The lowest BCUT2D eigenvalue weighted by atomic mass is 9.88. The van der Waals surface area contributed by atoms with Gasteiger partial charge in [0.05, 0.1) is 22.6 Å². The van der Waals surface area contributed by atoms with Gasteiger partial charge >= 0.3 is 6.18 Å². The van der Waals surface area contributed by atoms with Crippen molar-refractivity contribution < 1.29 is 26.7 Å². The summed E-state index contributed by atoms with van der Waals surface area (Å²) in [6.07, 6.45) is -2.61. The Kier molecular flexibility index (Phi) is 6.28. The van der Waals surface area contributed by atoms with Crippen LogP contribution in [0.5, 0.6) is 0 Å². The summed E-state index contributed by atoms with van der Waals surface area (Å²) in [4.78, 5) is 5.12. The van der Waals surface area contributed by atoms with Crippen molar-refractivity contribution in [3.05, 3.63) is 58.7 Å². The van der Waals surface area contributed by atoms with E-state index in [1.807, 2.05) is 29.2 Å². The molecule has 2 aliphatic rings. The predicted octanol–water partition coefficient (Wildman–Crippen LogP) is 4.16. The van der Waals surface area contributed by atoms with Crippen LogP contribution in [0.4, 0.5) is 18.9 Å². The molecular weight excluding hydrogens is 457 g/mol. The number of hydrogen-bond acceptors (Lipinski definition) is 7. The van der Waals surface area contributed by atoms with E-state index >= 15 is 0 Å². The van der Waals surface area contributed by atoms with E-state index in [2.05, 4.69) is 15.2 Å². The fourth-order valence-corrected chi connectivity index (χ4v) is 5.52. The number of amidine groups is 1. The summed E-state index contributed by atoms with van der Waals surface area (Å²) >= 11 is 0. The van der Waals surface area contributed by atoms with E-state index in [1.165, 1.54) is 6.07 Å². The number of anilines is 1. The molecule has 1 saturated heterocycles. The zero-order valence-corrected chi connectivity index (χ0v) is 18.7. The Morgan fingerprint density at radius 3 is 2.27 bits per heavy atom. The van der Waals surface area contributed by atoms with Crippen molar-refractivity contribution in [2.24, 2.45) is 15.2 Å². The van der Waals surface area contributed by atoms with Crippen molar-refractivity contribution in [3.8, 4) is 0 Å². The normalized spacial score (nSPS) is 17.5. The number of azo groups is 1. The van der Waals surface area contributed by atoms with Crippen molar-refractivity contribution in [3.63, 3.8) is 0 Å². The number of nitrogens with zero attached hydrogens (tertiary/aromatic N) is 4. The summed E-state index contributed by atoms with van der Waals surface area (Å²) in [5.74, 6) is 0.156. The van der Waals surface area contributed by atoms with Gasteiger partial charge in [-0.1, -0.05) is 24.3 Å². The van der Waals surface area contributed by atoms with Crippen LogP contribution in [-0.2, 0) is 22.6 Å². The third kappa shape index (κ3) is 4.79. The molecule has 176 valence electrons. The van der Waals surface area contributed by atoms with Gasteiger partial charge in [-0.05, 0) is 42.0 Å². The molecule has 0 unspecified atom stereocenters. The average Bonchev–Trinajstić information content (AvgIpc) is 3.32. The Balaban J connectivity index is 1.72. The van der Waals surface area contributed by atoms with Gasteiger partial charge in [-0.15, -0.1) is 5.11 Å². The highest BCUT2D eigenvalue weighted by atomic mass is 32.2. The maximum atomic E-state index is 13.7. The molecule has 0 radical (unpaired) electrons. The third-order valence-electron chi connectivity index (χ3n) is 5.95. The summed E-state index contributed by atoms with van der Waals surface area (Å²) in [6, 6.07) is 9.82. The summed E-state index contributed by atoms with van der Waals surface area (Å²) < 4.78 is 66.3. The highest BCUT2D eigenvalue weighted by Gasteiger charge is 2.40. The quantitative estimate of drug-likeness (QED) is 0.696. The van der Waals surface area contributed by atoms with Crippen LogP contribution in [0.15, 0.2) is 56.5 Å². The maximum Gasteiger partial charge on any atom is 0.417 e. The van der Waals surface area contributed by atoms with E-state index in [4.69, 9.17) is 0 Å². The smallest absolute Gasteiger partial charge is 0.392 e. The second-order valence-electron chi connectivity index (χ2n) is 8.13. The Labute approximate surface area is 189 Å². The zero-order valence-electron chi connectivity index (χ0n) is 17.9. The number of sulfone groups is 1. The molecule has 2 heterocycles. The number of rotatable bonds is 5. The lowest BCUT2D eigenvalue weighted by molar-refractivity contribution is -0.139. The molecule has 1 fully saturated rings. The molecule has 7 nitrogen and oxygen atoms in total. The van der Waals surface area contributed by atoms with Crippen LogP contribution in [-0.4, -0.2) is 45.4 Å². The van der Waals surface area contributed by atoms with E-state index in [0.717, 1.165) is 36.3 Å². The number of halogens is 3. The van der Waals surface area contributed by atoms with Crippen LogP contribution >= 0.6 is 0 Å². The fraction of sp³-hybridized carbons (Fsp3) is 0.409. The molecule has 2 aromatic carbocycles. The summed E-state index contributed by atoms with van der Waals surface area (Å²) in [5.41, 5.74) is 0.944. The molecule has 0 atom stereocenters. The maximum absolute atomic E-state index is 13.7. The number of aliphatic imine (C=N–C) groups is 1. The Morgan fingerprint density at radius 2 is 1.76 bits per heavy atom. The minimum atomic E-state index is -4.85. The van der Waals surface area contributed by atoms with Crippen molar-refractivity contribution in [1.29, 1.82) is 0 Å². The molecule has 0 spiro atoms. The number of alkyl halides is 3. The molecule has 4 rings (SSSR count). The van der Waals surface area contributed by atoms with Crippen LogP contribution in [0.25, 0.3) is 0 Å². The Morgan fingerprint density at radius 1 is 1.09 bits per heavy atom. The summed E-state index contributed by atoms with van der Waals surface area (Å²) in [5, 5.41) is 16.8. The second kappa shape index (κ2) is 8.86. The number of piperidine rings is 1. The predicted molar refractivity (Wildman–Crippen MR) is 117 cm³/mol. The lowest BCUT2D eigenvalue weighted by Gasteiger charge is -2.35. The number of benzene rings is 2. The van der Waals surface area contributed by atoms with Gasteiger partial charge in [-0.3, -0.25) is 0 Å². The molecule has 0 aromatic heterocycles. The van der Waals surface area contributed by atoms with Crippen molar-refractivity contribution in [1.82, 2.24) is 0 Å². The first-order valence-electron chi connectivity index (χ1n) is 10.4. The van der Waals surface area contributed by atoms with Crippen molar-refractivity contribution in [2.75, 3.05) is 30.9 Å². The molecule has 0 bridgehead atoms. The molecule has 0 aliphatic carbocycles.